The van der Waals surface area contributed by atoms with Gasteiger partial charge < -0.3 is 10.2 Å². The SMILES string of the molecule is Cc1ccc(NC(=O)C[NH+]2C[C@@H](C)C[C@H](C)C2)c(Br)c1. The topological polar surface area (TPSA) is 33.5 Å². The van der Waals surface area contributed by atoms with Crippen LogP contribution in [-0.2, 0) is 4.79 Å². The first kappa shape index (κ1) is 15.5. The fourth-order valence-corrected chi connectivity index (χ4v) is 3.80. The van der Waals surface area contributed by atoms with Crippen LogP contribution in [0.1, 0.15) is 25.8 Å². The van der Waals surface area contributed by atoms with E-state index in [-0.39, 0.29) is 5.91 Å². The minimum atomic E-state index is 0.103. The van der Waals surface area contributed by atoms with Crippen LogP contribution in [0.25, 0.3) is 0 Å². The van der Waals surface area contributed by atoms with Crippen molar-refractivity contribution in [2.45, 2.75) is 27.2 Å². The quantitative estimate of drug-likeness (QED) is 0.870. The zero-order valence-corrected chi connectivity index (χ0v) is 14.1. The summed E-state index contributed by atoms with van der Waals surface area (Å²) in [6.45, 7) is 9.37. The summed E-state index contributed by atoms with van der Waals surface area (Å²) in [4.78, 5) is 13.6. The molecule has 0 aliphatic carbocycles. The fraction of sp³-hybridized carbons (Fsp3) is 0.562. The number of nitrogens with one attached hydrogen (secondary N) is 2. The second kappa shape index (κ2) is 6.72. The molecule has 3 nitrogen and oxygen atoms in total. The van der Waals surface area contributed by atoms with E-state index in [0.717, 1.165) is 23.2 Å². The molecule has 0 radical (unpaired) electrons. The zero-order chi connectivity index (χ0) is 14.7. The van der Waals surface area contributed by atoms with E-state index in [1.54, 1.807) is 0 Å². The molecule has 0 saturated carbocycles. The van der Waals surface area contributed by atoms with Crippen molar-refractivity contribution in [2.24, 2.45) is 11.8 Å². The van der Waals surface area contributed by atoms with Crippen LogP contribution in [0, 0.1) is 18.8 Å². The van der Waals surface area contributed by atoms with E-state index in [0.29, 0.717) is 18.4 Å². The lowest BCUT2D eigenvalue weighted by atomic mass is 9.92. The number of hydrogen-bond donors (Lipinski definition) is 2. The molecule has 0 aromatic heterocycles. The zero-order valence-electron chi connectivity index (χ0n) is 12.5. The molecule has 1 aromatic carbocycles. The normalized spacial score (nSPS) is 26.3. The lowest BCUT2D eigenvalue weighted by Crippen LogP contribution is -3.15. The highest BCUT2D eigenvalue weighted by atomic mass is 79.9. The van der Waals surface area contributed by atoms with Gasteiger partial charge >= 0.3 is 0 Å². The average molecular weight is 340 g/mol. The van der Waals surface area contributed by atoms with E-state index in [2.05, 4.69) is 35.1 Å². The number of aryl methyl sites for hydroxylation is 1. The number of anilines is 1. The van der Waals surface area contributed by atoms with E-state index in [1.807, 2.05) is 25.1 Å². The average Bonchev–Trinajstić information content (AvgIpc) is 2.31. The Kier molecular flexibility index (Phi) is 5.22. The summed E-state index contributed by atoms with van der Waals surface area (Å²) in [5.41, 5.74) is 2.04. The van der Waals surface area contributed by atoms with E-state index in [1.165, 1.54) is 16.9 Å². The fourth-order valence-electron chi connectivity index (χ4n) is 3.21. The van der Waals surface area contributed by atoms with Crippen LogP contribution < -0.4 is 10.2 Å². The minimum Gasteiger partial charge on any atom is -0.327 e. The molecule has 1 amide bonds. The molecule has 2 rings (SSSR count). The van der Waals surface area contributed by atoms with Crippen molar-refractivity contribution >= 4 is 27.5 Å². The van der Waals surface area contributed by atoms with Gasteiger partial charge in [0.05, 0.1) is 18.8 Å². The summed E-state index contributed by atoms with van der Waals surface area (Å²) in [6.07, 6.45) is 1.29. The second-order valence-corrected chi connectivity index (χ2v) is 7.17. The summed E-state index contributed by atoms with van der Waals surface area (Å²) >= 11 is 3.50. The first-order valence-electron chi connectivity index (χ1n) is 7.33. The molecule has 0 bridgehead atoms. The predicted octanol–water partition coefficient (Wildman–Crippen LogP) is 2.26. The predicted molar refractivity (Wildman–Crippen MR) is 86.0 cm³/mol. The Hall–Kier alpha value is -0.870. The molecular formula is C16H24BrN2O+. The maximum absolute atomic E-state index is 12.2. The maximum Gasteiger partial charge on any atom is 0.279 e. The summed E-state index contributed by atoms with van der Waals surface area (Å²) in [5.74, 6) is 1.53. The number of likely N-dealkylation sites (tertiary alicyclic amines) is 1. The van der Waals surface area contributed by atoms with Crippen molar-refractivity contribution in [2.75, 3.05) is 25.0 Å². The van der Waals surface area contributed by atoms with Crippen molar-refractivity contribution in [1.82, 2.24) is 0 Å². The number of hydrogen-bond acceptors (Lipinski definition) is 1. The van der Waals surface area contributed by atoms with Gasteiger partial charge in [-0.1, -0.05) is 19.9 Å². The van der Waals surface area contributed by atoms with E-state index in [4.69, 9.17) is 0 Å². The number of benzene rings is 1. The van der Waals surface area contributed by atoms with Crippen LogP contribution in [0.2, 0.25) is 0 Å². The Labute approximate surface area is 129 Å². The van der Waals surface area contributed by atoms with Gasteiger partial charge in [0.1, 0.15) is 0 Å². The first-order valence-corrected chi connectivity index (χ1v) is 8.13. The highest BCUT2D eigenvalue weighted by molar-refractivity contribution is 9.10. The summed E-state index contributed by atoms with van der Waals surface area (Å²) in [7, 11) is 0. The monoisotopic (exact) mass is 339 g/mol. The smallest absolute Gasteiger partial charge is 0.279 e. The highest BCUT2D eigenvalue weighted by Gasteiger charge is 2.26. The molecule has 1 aliphatic heterocycles. The van der Waals surface area contributed by atoms with Crippen molar-refractivity contribution in [3.05, 3.63) is 28.2 Å². The van der Waals surface area contributed by atoms with Crippen LogP contribution in [0.5, 0.6) is 0 Å². The molecule has 0 spiro atoms. The Bertz CT molecular complexity index is 479. The molecule has 2 N–H and O–H groups in total. The number of rotatable bonds is 3. The Balaban J connectivity index is 1.92. The van der Waals surface area contributed by atoms with Gasteiger partial charge in [0.2, 0.25) is 0 Å². The van der Waals surface area contributed by atoms with E-state index in [9.17, 15) is 4.79 Å². The van der Waals surface area contributed by atoms with Gasteiger partial charge in [0, 0.05) is 16.3 Å². The Morgan fingerprint density at radius 1 is 1.35 bits per heavy atom. The highest BCUT2D eigenvalue weighted by Crippen LogP contribution is 2.23. The lowest BCUT2D eigenvalue weighted by Gasteiger charge is -2.31. The summed E-state index contributed by atoms with van der Waals surface area (Å²) in [5, 5.41) is 3.01. The summed E-state index contributed by atoms with van der Waals surface area (Å²) in [6, 6.07) is 5.99. The van der Waals surface area contributed by atoms with Crippen LogP contribution in [0.4, 0.5) is 5.69 Å². The number of quaternary nitrogens is 1. The number of carbonyl (C=O) groups is 1. The molecule has 1 aliphatic rings. The largest absolute Gasteiger partial charge is 0.327 e. The van der Waals surface area contributed by atoms with Crippen molar-refractivity contribution in [3.8, 4) is 0 Å². The maximum atomic E-state index is 12.2. The molecule has 1 heterocycles. The van der Waals surface area contributed by atoms with Crippen LogP contribution in [0.15, 0.2) is 22.7 Å². The van der Waals surface area contributed by atoms with E-state index >= 15 is 0 Å². The summed E-state index contributed by atoms with van der Waals surface area (Å²) < 4.78 is 0.946. The van der Waals surface area contributed by atoms with Crippen molar-refractivity contribution in [3.63, 3.8) is 0 Å². The number of amides is 1. The van der Waals surface area contributed by atoms with Crippen LogP contribution in [0.3, 0.4) is 0 Å². The van der Waals surface area contributed by atoms with Crippen LogP contribution in [-0.4, -0.2) is 25.5 Å². The molecule has 0 unspecified atom stereocenters. The van der Waals surface area contributed by atoms with Gasteiger partial charge in [-0.15, -0.1) is 0 Å². The van der Waals surface area contributed by atoms with Crippen LogP contribution >= 0.6 is 15.9 Å². The van der Waals surface area contributed by atoms with Gasteiger partial charge in [0.25, 0.3) is 5.91 Å². The first-order chi connectivity index (χ1) is 9.44. The molecular weight excluding hydrogens is 316 g/mol. The molecule has 1 fully saturated rings. The van der Waals surface area contributed by atoms with Gasteiger partial charge in [0.15, 0.2) is 6.54 Å². The second-order valence-electron chi connectivity index (χ2n) is 6.31. The molecule has 1 saturated heterocycles. The lowest BCUT2D eigenvalue weighted by molar-refractivity contribution is -0.904. The number of carbonyl (C=O) groups excluding carboxylic acids is 1. The van der Waals surface area contributed by atoms with Gasteiger partial charge in [-0.3, -0.25) is 4.79 Å². The third-order valence-corrected chi connectivity index (χ3v) is 4.54. The molecule has 4 heteroatoms. The van der Waals surface area contributed by atoms with E-state index < -0.39 is 0 Å². The number of piperidine rings is 1. The van der Waals surface area contributed by atoms with Crippen molar-refractivity contribution in [1.29, 1.82) is 0 Å². The standard InChI is InChI=1S/C16H23BrN2O/c1-11-4-5-15(14(17)7-11)18-16(20)10-19-8-12(2)6-13(3)9-19/h4-5,7,12-13H,6,8-10H2,1-3H3,(H,18,20)/p+1/t12-,13-/m0/s1. The van der Waals surface area contributed by atoms with Gasteiger partial charge in [-0.25, -0.2) is 0 Å². The Morgan fingerprint density at radius 3 is 2.60 bits per heavy atom. The van der Waals surface area contributed by atoms with Crippen molar-refractivity contribution < 1.29 is 9.69 Å². The third-order valence-electron chi connectivity index (χ3n) is 3.89. The third kappa shape index (κ3) is 4.32. The molecule has 1 aromatic rings. The Morgan fingerprint density at radius 2 is 2.00 bits per heavy atom. The minimum absolute atomic E-state index is 0.103. The van der Waals surface area contributed by atoms with Gasteiger partial charge in [-0.2, -0.15) is 0 Å². The molecule has 2 atom stereocenters. The number of halogens is 1. The van der Waals surface area contributed by atoms with Gasteiger partial charge in [-0.05, 0) is 47.0 Å². The molecule has 20 heavy (non-hydrogen) atoms. The molecule has 110 valence electrons.